The molecule has 1 aromatic heterocycles. The van der Waals surface area contributed by atoms with Crippen LogP contribution in [0.4, 0.5) is 11.6 Å². The fourth-order valence-electron chi connectivity index (χ4n) is 4.32. The summed E-state index contributed by atoms with van der Waals surface area (Å²) in [6.45, 7) is 5.95. The van der Waals surface area contributed by atoms with Gasteiger partial charge in [-0.2, -0.15) is 0 Å². The van der Waals surface area contributed by atoms with Crippen LogP contribution < -0.4 is 11.1 Å². The minimum atomic E-state index is -0.970. The predicted molar refractivity (Wildman–Crippen MR) is 130 cm³/mol. The Morgan fingerprint density at radius 2 is 1.91 bits per heavy atom. The molecule has 1 aliphatic rings. The minimum absolute atomic E-state index is 0.174. The van der Waals surface area contributed by atoms with Crippen molar-refractivity contribution in [2.75, 3.05) is 18.1 Å². The second kappa shape index (κ2) is 8.36. The molecule has 6 nitrogen and oxygen atoms in total. The zero-order chi connectivity index (χ0) is 23.0. The maximum atomic E-state index is 13.1. The van der Waals surface area contributed by atoms with E-state index in [0.29, 0.717) is 27.9 Å². The zero-order valence-corrected chi connectivity index (χ0v) is 19.4. The van der Waals surface area contributed by atoms with Crippen LogP contribution in [0.3, 0.4) is 0 Å². The van der Waals surface area contributed by atoms with E-state index in [1.807, 2.05) is 38.1 Å². The van der Waals surface area contributed by atoms with E-state index in [2.05, 4.69) is 39.3 Å². The molecule has 0 saturated heterocycles. The van der Waals surface area contributed by atoms with E-state index in [4.69, 9.17) is 17.3 Å². The number of carbonyl (C=O) groups excluding carboxylic acids is 1. The normalized spacial score (nSPS) is 17.9. The summed E-state index contributed by atoms with van der Waals surface area (Å²) in [5.74, 6) is 0.866. The standard InChI is InChI=1S/C25H26ClN5O/c1-5-6-15-7-9-16(10-8-15)25(3)19-21(27)29-23(30-22(19)31-24(25)32)20(28-4)18-12-11-17(26)13-14(18)2/h7-13H,5-6H2,1-4H3,(H3,27,29,30,31,32). The Balaban J connectivity index is 1.80. The van der Waals surface area contributed by atoms with Crippen LogP contribution in [0.2, 0.25) is 5.02 Å². The van der Waals surface area contributed by atoms with Gasteiger partial charge in [0, 0.05) is 17.6 Å². The number of aryl methyl sites for hydroxylation is 2. The Kier molecular flexibility index (Phi) is 5.73. The average molecular weight is 448 g/mol. The van der Waals surface area contributed by atoms with Crippen molar-refractivity contribution in [3.63, 3.8) is 0 Å². The third kappa shape index (κ3) is 3.54. The van der Waals surface area contributed by atoms with Crippen molar-refractivity contribution >= 4 is 34.9 Å². The Labute approximate surface area is 193 Å². The summed E-state index contributed by atoms with van der Waals surface area (Å²) in [6, 6.07) is 13.6. The second-order valence-corrected chi connectivity index (χ2v) is 8.65. The van der Waals surface area contributed by atoms with E-state index in [1.54, 1.807) is 13.1 Å². The van der Waals surface area contributed by atoms with E-state index in [-0.39, 0.29) is 11.7 Å². The fourth-order valence-corrected chi connectivity index (χ4v) is 4.54. The first-order valence-electron chi connectivity index (χ1n) is 10.6. The quantitative estimate of drug-likeness (QED) is 0.554. The van der Waals surface area contributed by atoms with E-state index in [0.717, 1.165) is 29.5 Å². The highest BCUT2D eigenvalue weighted by Crippen LogP contribution is 2.44. The maximum Gasteiger partial charge on any atom is 0.240 e. The highest BCUT2D eigenvalue weighted by Gasteiger charge is 2.47. The predicted octanol–water partition coefficient (Wildman–Crippen LogP) is 4.70. The summed E-state index contributed by atoms with van der Waals surface area (Å²) in [5, 5.41) is 3.56. The number of rotatable bonds is 5. The third-order valence-electron chi connectivity index (χ3n) is 6.07. The number of halogens is 1. The highest BCUT2D eigenvalue weighted by atomic mass is 35.5. The van der Waals surface area contributed by atoms with Crippen LogP contribution in [0.5, 0.6) is 0 Å². The molecule has 2 heterocycles. The highest BCUT2D eigenvalue weighted by molar-refractivity contribution is 6.30. The number of hydrogen-bond donors (Lipinski definition) is 2. The molecule has 0 fully saturated rings. The molecular formula is C25H26ClN5O. The van der Waals surface area contributed by atoms with Crippen molar-refractivity contribution in [3.05, 3.63) is 81.1 Å². The van der Waals surface area contributed by atoms with Gasteiger partial charge in [-0.05, 0) is 49.1 Å². The van der Waals surface area contributed by atoms with Crippen molar-refractivity contribution in [2.45, 2.75) is 39.0 Å². The zero-order valence-electron chi connectivity index (χ0n) is 18.7. The number of amides is 1. The number of nitrogens with two attached hydrogens (primary N) is 1. The lowest BCUT2D eigenvalue weighted by molar-refractivity contribution is -0.119. The van der Waals surface area contributed by atoms with Crippen molar-refractivity contribution in [1.29, 1.82) is 0 Å². The molecule has 0 bridgehead atoms. The van der Waals surface area contributed by atoms with Crippen LogP contribution in [0.1, 0.15) is 53.9 Å². The number of nitrogens with one attached hydrogen (secondary N) is 1. The van der Waals surface area contributed by atoms with Gasteiger partial charge in [0.2, 0.25) is 5.91 Å². The molecule has 0 aliphatic carbocycles. The number of carbonyl (C=O) groups is 1. The smallest absolute Gasteiger partial charge is 0.240 e. The molecule has 3 N–H and O–H groups in total. The molecule has 0 saturated carbocycles. The lowest BCUT2D eigenvalue weighted by Gasteiger charge is -2.24. The van der Waals surface area contributed by atoms with Gasteiger partial charge in [0.1, 0.15) is 22.8 Å². The molecule has 0 radical (unpaired) electrons. The van der Waals surface area contributed by atoms with Crippen LogP contribution >= 0.6 is 11.6 Å². The van der Waals surface area contributed by atoms with Gasteiger partial charge in [-0.1, -0.05) is 55.3 Å². The number of aromatic nitrogens is 2. The van der Waals surface area contributed by atoms with Gasteiger partial charge in [0.05, 0.1) is 5.56 Å². The van der Waals surface area contributed by atoms with Gasteiger partial charge in [-0.25, -0.2) is 9.97 Å². The minimum Gasteiger partial charge on any atom is -0.383 e. The first-order chi connectivity index (χ1) is 15.3. The summed E-state index contributed by atoms with van der Waals surface area (Å²) in [5.41, 5.74) is 10.5. The number of benzene rings is 2. The SMILES string of the molecule is CCCc1ccc(C2(C)C(=O)Nc3nc(C(=NC)c4ccc(Cl)cc4C)nc(N)c32)cc1. The molecule has 1 unspecified atom stereocenters. The van der Waals surface area contributed by atoms with E-state index in [9.17, 15) is 4.79 Å². The number of anilines is 2. The Morgan fingerprint density at radius 1 is 1.19 bits per heavy atom. The first-order valence-corrected chi connectivity index (χ1v) is 11.0. The van der Waals surface area contributed by atoms with Crippen LogP contribution in [0.25, 0.3) is 0 Å². The lowest BCUT2D eigenvalue weighted by atomic mass is 9.77. The number of nitrogen functional groups attached to an aromatic ring is 1. The van der Waals surface area contributed by atoms with Gasteiger partial charge in [0.25, 0.3) is 0 Å². The number of nitrogens with zero attached hydrogens (tertiary/aromatic N) is 3. The molecule has 1 atom stereocenters. The summed E-state index contributed by atoms with van der Waals surface area (Å²) in [4.78, 5) is 26.8. The number of aliphatic imine (C=N–C) groups is 1. The van der Waals surface area contributed by atoms with Crippen molar-refractivity contribution in [2.24, 2.45) is 4.99 Å². The largest absolute Gasteiger partial charge is 0.383 e. The summed E-state index contributed by atoms with van der Waals surface area (Å²) < 4.78 is 0. The monoisotopic (exact) mass is 447 g/mol. The molecule has 7 heteroatoms. The summed E-state index contributed by atoms with van der Waals surface area (Å²) >= 11 is 6.11. The Bertz CT molecular complexity index is 1240. The van der Waals surface area contributed by atoms with Crippen LogP contribution in [-0.2, 0) is 16.6 Å². The van der Waals surface area contributed by atoms with Gasteiger partial charge in [-0.15, -0.1) is 0 Å². The molecule has 1 aliphatic heterocycles. The summed E-state index contributed by atoms with van der Waals surface area (Å²) in [6.07, 6.45) is 2.07. The Hall–Kier alpha value is -3.25. The van der Waals surface area contributed by atoms with E-state index in [1.165, 1.54) is 5.56 Å². The van der Waals surface area contributed by atoms with Gasteiger partial charge < -0.3 is 11.1 Å². The maximum absolute atomic E-state index is 13.1. The lowest BCUT2D eigenvalue weighted by Crippen LogP contribution is -2.33. The molecule has 1 amide bonds. The average Bonchev–Trinajstić information content (AvgIpc) is 3.02. The molecule has 2 aromatic carbocycles. The van der Waals surface area contributed by atoms with Gasteiger partial charge in [-0.3, -0.25) is 9.79 Å². The van der Waals surface area contributed by atoms with Crippen molar-refractivity contribution < 1.29 is 4.79 Å². The Morgan fingerprint density at radius 3 is 2.53 bits per heavy atom. The van der Waals surface area contributed by atoms with Crippen molar-refractivity contribution in [3.8, 4) is 0 Å². The summed E-state index contributed by atoms with van der Waals surface area (Å²) in [7, 11) is 1.68. The van der Waals surface area contributed by atoms with Crippen LogP contribution in [0.15, 0.2) is 47.5 Å². The molecule has 4 rings (SSSR count). The molecule has 0 spiro atoms. The molecule has 32 heavy (non-hydrogen) atoms. The first kappa shape index (κ1) is 22.0. The van der Waals surface area contributed by atoms with Crippen LogP contribution in [0, 0.1) is 6.92 Å². The topological polar surface area (TPSA) is 93.3 Å². The molecular weight excluding hydrogens is 422 g/mol. The fraction of sp³-hybridized carbons (Fsp3) is 0.280. The third-order valence-corrected chi connectivity index (χ3v) is 6.31. The number of hydrogen-bond acceptors (Lipinski definition) is 5. The van der Waals surface area contributed by atoms with Gasteiger partial charge >= 0.3 is 0 Å². The van der Waals surface area contributed by atoms with Crippen molar-refractivity contribution in [1.82, 2.24) is 9.97 Å². The molecule has 3 aromatic rings. The van der Waals surface area contributed by atoms with E-state index >= 15 is 0 Å². The van der Waals surface area contributed by atoms with E-state index < -0.39 is 5.41 Å². The van der Waals surface area contributed by atoms with Crippen LogP contribution in [-0.4, -0.2) is 28.6 Å². The molecule has 164 valence electrons. The van der Waals surface area contributed by atoms with Gasteiger partial charge in [0.15, 0.2) is 5.82 Å². The second-order valence-electron chi connectivity index (χ2n) is 8.21. The number of fused-ring (bicyclic) bond motifs is 1.